The topological polar surface area (TPSA) is 72.6 Å². The van der Waals surface area contributed by atoms with E-state index in [4.69, 9.17) is 10.5 Å². The van der Waals surface area contributed by atoms with Gasteiger partial charge in [0, 0.05) is 5.75 Å². The molecule has 26 heavy (non-hydrogen) atoms. The number of carbonyl (C=O) groups excluding carboxylic acids is 2. The zero-order valence-corrected chi connectivity index (χ0v) is 14.8. The number of thioether (sulfide) groups is 1. The van der Waals surface area contributed by atoms with E-state index in [1.807, 2.05) is 60.7 Å². The van der Waals surface area contributed by atoms with Crippen LogP contribution in [-0.2, 0) is 14.3 Å². The molecule has 0 spiro atoms. The van der Waals surface area contributed by atoms with Crippen molar-refractivity contribution in [3.8, 4) is 0 Å². The Morgan fingerprint density at radius 1 is 1.08 bits per heavy atom. The van der Waals surface area contributed by atoms with Gasteiger partial charge in [-0.15, -0.1) is 11.8 Å². The molecule has 2 aliphatic heterocycles. The summed E-state index contributed by atoms with van der Waals surface area (Å²) >= 11 is 1.55. The van der Waals surface area contributed by atoms with Gasteiger partial charge in [-0.05, 0) is 17.2 Å². The standard InChI is InChI=1S/C20H18N2O3S/c21-16-18(23)22-15(11-12-26-19(16)22)20(24)25-17(13-7-3-1-4-8-13)14-9-5-2-6-10-14/h1-11,16-17,19H,12,21H2/t16-,19+/m1/s1. The monoisotopic (exact) mass is 366 g/mol. The SMILES string of the molecule is N[C@@H]1C(=O)N2C(C(=O)OC(c3ccccc3)c3ccccc3)=CCS[C@@H]12. The van der Waals surface area contributed by atoms with Gasteiger partial charge in [-0.2, -0.15) is 0 Å². The summed E-state index contributed by atoms with van der Waals surface area (Å²) in [6.45, 7) is 0. The van der Waals surface area contributed by atoms with Crippen LogP contribution in [0.3, 0.4) is 0 Å². The Labute approximate surface area is 155 Å². The fraction of sp³-hybridized carbons (Fsp3) is 0.200. The van der Waals surface area contributed by atoms with Crippen molar-refractivity contribution < 1.29 is 14.3 Å². The molecule has 0 radical (unpaired) electrons. The summed E-state index contributed by atoms with van der Waals surface area (Å²) < 4.78 is 5.85. The predicted octanol–water partition coefficient (Wildman–Crippen LogP) is 2.45. The number of β-lactam (4-membered cyclic amide) rings is 1. The van der Waals surface area contributed by atoms with Gasteiger partial charge in [0.05, 0.1) is 0 Å². The van der Waals surface area contributed by atoms with Crippen LogP contribution in [-0.4, -0.2) is 33.9 Å². The van der Waals surface area contributed by atoms with Gasteiger partial charge in [0.25, 0.3) is 0 Å². The first-order valence-electron chi connectivity index (χ1n) is 8.38. The maximum atomic E-state index is 12.9. The van der Waals surface area contributed by atoms with Crippen molar-refractivity contribution in [2.45, 2.75) is 17.5 Å². The highest BCUT2D eigenvalue weighted by atomic mass is 32.2. The van der Waals surface area contributed by atoms with Crippen molar-refractivity contribution in [2.24, 2.45) is 5.73 Å². The van der Waals surface area contributed by atoms with Crippen LogP contribution in [0.5, 0.6) is 0 Å². The molecule has 1 amide bonds. The van der Waals surface area contributed by atoms with Crippen LogP contribution in [0, 0.1) is 0 Å². The molecular weight excluding hydrogens is 348 g/mol. The van der Waals surface area contributed by atoms with Crippen molar-refractivity contribution in [3.63, 3.8) is 0 Å². The van der Waals surface area contributed by atoms with Gasteiger partial charge in [0.2, 0.25) is 5.91 Å². The molecule has 2 N–H and O–H groups in total. The van der Waals surface area contributed by atoms with E-state index in [2.05, 4.69) is 0 Å². The second-order valence-corrected chi connectivity index (χ2v) is 7.30. The van der Waals surface area contributed by atoms with Gasteiger partial charge in [0.1, 0.15) is 17.1 Å². The minimum absolute atomic E-state index is 0.179. The Kier molecular flexibility index (Phi) is 4.53. The third kappa shape index (κ3) is 2.91. The summed E-state index contributed by atoms with van der Waals surface area (Å²) in [4.78, 5) is 26.4. The number of rotatable bonds is 4. The van der Waals surface area contributed by atoms with Crippen LogP contribution in [0.2, 0.25) is 0 Å². The number of nitrogens with zero attached hydrogens (tertiary/aromatic N) is 1. The van der Waals surface area contributed by atoms with Gasteiger partial charge in [0.15, 0.2) is 6.10 Å². The third-order valence-electron chi connectivity index (χ3n) is 4.53. The number of nitrogens with two attached hydrogens (primary N) is 1. The summed E-state index contributed by atoms with van der Waals surface area (Å²) in [7, 11) is 0. The first-order chi connectivity index (χ1) is 12.7. The van der Waals surface area contributed by atoms with Crippen molar-refractivity contribution in [2.75, 3.05) is 5.75 Å². The molecule has 2 aliphatic rings. The number of hydrogen-bond acceptors (Lipinski definition) is 5. The lowest BCUT2D eigenvalue weighted by atomic mass is 10.0. The van der Waals surface area contributed by atoms with Crippen LogP contribution in [0.1, 0.15) is 17.2 Å². The van der Waals surface area contributed by atoms with E-state index in [1.54, 1.807) is 17.8 Å². The normalized spacial score (nSPS) is 21.7. The van der Waals surface area contributed by atoms with E-state index in [-0.39, 0.29) is 17.0 Å². The molecule has 2 atom stereocenters. The van der Waals surface area contributed by atoms with Crippen molar-refractivity contribution in [1.29, 1.82) is 0 Å². The van der Waals surface area contributed by atoms with Crippen molar-refractivity contribution in [3.05, 3.63) is 83.6 Å². The molecule has 4 rings (SSSR count). The molecule has 6 heteroatoms. The van der Waals surface area contributed by atoms with Crippen molar-refractivity contribution in [1.82, 2.24) is 4.90 Å². The van der Waals surface area contributed by atoms with Crippen LogP contribution in [0.15, 0.2) is 72.4 Å². The Bertz CT molecular complexity index is 814. The fourth-order valence-electron chi connectivity index (χ4n) is 3.18. The molecule has 0 aliphatic carbocycles. The van der Waals surface area contributed by atoms with Gasteiger partial charge in [-0.25, -0.2) is 4.79 Å². The third-order valence-corrected chi connectivity index (χ3v) is 5.73. The summed E-state index contributed by atoms with van der Waals surface area (Å²) in [5, 5.41) is -0.179. The van der Waals surface area contributed by atoms with E-state index < -0.39 is 18.1 Å². The van der Waals surface area contributed by atoms with E-state index in [1.165, 1.54) is 4.90 Å². The molecule has 0 bridgehead atoms. The molecule has 2 aromatic carbocycles. The first-order valence-corrected chi connectivity index (χ1v) is 9.43. The van der Waals surface area contributed by atoms with Gasteiger partial charge in [-0.1, -0.05) is 60.7 Å². The predicted molar refractivity (Wildman–Crippen MR) is 100.0 cm³/mol. The second kappa shape index (κ2) is 6.97. The van der Waals surface area contributed by atoms with E-state index >= 15 is 0 Å². The number of esters is 1. The average Bonchev–Trinajstić information content (AvgIpc) is 2.72. The zero-order chi connectivity index (χ0) is 18.1. The van der Waals surface area contributed by atoms with Gasteiger partial charge >= 0.3 is 5.97 Å². The largest absolute Gasteiger partial charge is 0.448 e. The molecule has 1 fully saturated rings. The molecule has 1 saturated heterocycles. The minimum atomic E-state index is -0.546. The molecular formula is C20H18N2O3S. The van der Waals surface area contributed by atoms with Crippen LogP contribution in [0.25, 0.3) is 0 Å². The van der Waals surface area contributed by atoms with Crippen LogP contribution >= 0.6 is 11.8 Å². The van der Waals surface area contributed by atoms with Gasteiger partial charge < -0.3 is 10.5 Å². The molecule has 0 saturated carbocycles. The number of ether oxygens (including phenoxy) is 1. The number of benzene rings is 2. The molecule has 5 nitrogen and oxygen atoms in total. The maximum Gasteiger partial charge on any atom is 0.355 e. The maximum absolute atomic E-state index is 12.9. The van der Waals surface area contributed by atoms with E-state index in [0.29, 0.717) is 5.75 Å². The van der Waals surface area contributed by atoms with Gasteiger partial charge in [-0.3, -0.25) is 9.69 Å². The first kappa shape index (κ1) is 16.9. The summed E-state index contributed by atoms with van der Waals surface area (Å²) in [5.74, 6) is -0.108. The minimum Gasteiger partial charge on any atom is -0.448 e. The highest BCUT2D eigenvalue weighted by molar-refractivity contribution is 8.00. The summed E-state index contributed by atoms with van der Waals surface area (Å²) in [6.07, 6.45) is 1.20. The second-order valence-electron chi connectivity index (χ2n) is 6.15. The lowest BCUT2D eigenvalue weighted by molar-refractivity contribution is -0.152. The zero-order valence-electron chi connectivity index (χ0n) is 13.9. The average molecular weight is 366 g/mol. The number of hydrogen-bond donors (Lipinski definition) is 1. The van der Waals surface area contributed by atoms with Crippen molar-refractivity contribution >= 4 is 23.6 Å². The van der Waals surface area contributed by atoms with E-state index in [9.17, 15) is 9.59 Å². The molecule has 0 aromatic heterocycles. The number of carbonyl (C=O) groups is 2. The van der Waals surface area contributed by atoms with Crippen LogP contribution < -0.4 is 5.73 Å². The highest BCUT2D eigenvalue weighted by Crippen LogP contribution is 2.37. The summed E-state index contributed by atoms with van der Waals surface area (Å²) in [5.41, 5.74) is 7.87. The molecule has 2 aromatic rings. The number of amides is 1. The smallest absolute Gasteiger partial charge is 0.355 e. The molecule has 0 unspecified atom stereocenters. The lowest BCUT2D eigenvalue weighted by Crippen LogP contribution is -2.68. The quantitative estimate of drug-likeness (QED) is 0.665. The number of fused-ring (bicyclic) bond motifs is 1. The molecule has 132 valence electrons. The Hall–Kier alpha value is -2.57. The summed E-state index contributed by atoms with van der Waals surface area (Å²) in [6, 6.07) is 18.6. The fourth-order valence-corrected chi connectivity index (χ4v) is 4.32. The molecule has 2 heterocycles. The Balaban J connectivity index is 1.61. The van der Waals surface area contributed by atoms with Crippen LogP contribution in [0.4, 0.5) is 0 Å². The lowest BCUT2D eigenvalue weighted by Gasteiger charge is -2.47. The Morgan fingerprint density at radius 2 is 1.65 bits per heavy atom. The van der Waals surface area contributed by atoms with E-state index in [0.717, 1.165) is 11.1 Å². The highest BCUT2D eigenvalue weighted by Gasteiger charge is 2.50. The Morgan fingerprint density at radius 3 is 2.23 bits per heavy atom.